The van der Waals surface area contributed by atoms with Crippen LogP contribution >= 0.6 is 0 Å². The van der Waals surface area contributed by atoms with E-state index in [0.29, 0.717) is 0 Å². The Hall–Kier alpha value is -2.15. The van der Waals surface area contributed by atoms with Crippen molar-refractivity contribution in [3.63, 3.8) is 0 Å². The zero-order valence-electron chi connectivity index (χ0n) is 15.7. The minimum atomic E-state index is 0.0182. The summed E-state index contributed by atoms with van der Waals surface area (Å²) in [6.07, 6.45) is 2.23. The molecule has 0 amide bonds. The molecule has 0 atom stereocenters. The van der Waals surface area contributed by atoms with E-state index in [0.717, 1.165) is 0 Å². The van der Waals surface area contributed by atoms with Crippen LogP contribution in [0.25, 0.3) is 22.0 Å². The number of hydrogen-bond donors (Lipinski definition) is 0. The molecule has 0 spiro atoms. The largest absolute Gasteiger partial charge is 0.221 e. The lowest BCUT2D eigenvalue weighted by Gasteiger charge is -2.24. The fourth-order valence-electron chi connectivity index (χ4n) is 3.39. The molecular formula is C23H28N+. The van der Waals surface area contributed by atoms with Gasteiger partial charge in [-0.1, -0.05) is 57.2 Å². The average Bonchev–Trinajstić information content (AvgIpc) is 2.52. The lowest BCUT2D eigenvalue weighted by molar-refractivity contribution is -0.743. The molecule has 3 rings (SSSR count). The number of pyridine rings is 1. The molecule has 0 unspecified atom stereocenters. The molecule has 2 aromatic carbocycles. The van der Waals surface area contributed by atoms with E-state index in [1.807, 2.05) is 0 Å². The summed E-state index contributed by atoms with van der Waals surface area (Å²) in [4.78, 5) is 0. The van der Waals surface area contributed by atoms with Crippen molar-refractivity contribution in [3.8, 4) is 11.3 Å². The smallest absolute Gasteiger partial charge is 0.193 e. The highest BCUT2D eigenvalue weighted by atomic mass is 15.0. The van der Waals surface area contributed by atoms with E-state index >= 15 is 0 Å². The zero-order chi connectivity index (χ0) is 17.5. The maximum absolute atomic E-state index is 2.42. The maximum atomic E-state index is 2.42. The molecule has 0 aliphatic rings. The van der Waals surface area contributed by atoms with Crippen molar-refractivity contribution in [2.75, 3.05) is 0 Å². The third-order valence-electron chi connectivity index (χ3n) is 4.57. The maximum Gasteiger partial charge on any atom is 0.221 e. The fraction of sp³-hybridized carbons (Fsp3) is 0.348. The Morgan fingerprint density at radius 3 is 2.00 bits per heavy atom. The van der Waals surface area contributed by atoms with E-state index in [1.54, 1.807) is 0 Å². The van der Waals surface area contributed by atoms with Gasteiger partial charge in [0.25, 0.3) is 0 Å². The minimum absolute atomic E-state index is 0.0182. The van der Waals surface area contributed by atoms with Gasteiger partial charge >= 0.3 is 0 Å². The second-order valence-corrected chi connectivity index (χ2v) is 8.59. The molecule has 0 N–H and O–H groups in total. The van der Waals surface area contributed by atoms with Gasteiger partial charge in [-0.05, 0) is 28.5 Å². The van der Waals surface area contributed by atoms with Gasteiger partial charge < -0.3 is 0 Å². The number of rotatable bonds is 1. The molecule has 0 aliphatic heterocycles. The van der Waals surface area contributed by atoms with Gasteiger partial charge in [-0.2, -0.15) is 4.57 Å². The molecule has 0 fully saturated rings. The first-order valence-corrected chi connectivity index (χ1v) is 8.73. The van der Waals surface area contributed by atoms with Crippen LogP contribution in [-0.4, -0.2) is 0 Å². The van der Waals surface area contributed by atoms with Crippen molar-refractivity contribution >= 4 is 10.8 Å². The predicted octanol–water partition coefficient (Wildman–Crippen LogP) is 5.85. The van der Waals surface area contributed by atoms with Crippen molar-refractivity contribution in [2.45, 2.75) is 52.5 Å². The average molecular weight is 318 g/mol. The molecule has 0 bridgehead atoms. The van der Waals surface area contributed by atoms with Crippen LogP contribution in [0.15, 0.2) is 60.8 Å². The van der Waals surface area contributed by atoms with Crippen molar-refractivity contribution < 1.29 is 4.57 Å². The van der Waals surface area contributed by atoms with Gasteiger partial charge in [-0.25, -0.2) is 0 Å². The molecule has 1 heteroatoms. The van der Waals surface area contributed by atoms with Crippen LogP contribution in [0.1, 0.15) is 47.1 Å². The first-order chi connectivity index (χ1) is 11.2. The lowest BCUT2D eigenvalue weighted by Crippen LogP contribution is -2.51. The molecule has 1 nitrogen and oxygen atoms in total. The quantitative estimate of drug-likeness (QED) is 0.496. The zero-order valence-corrected chi connectivity index (χ0v) is 15.7. The highest BCUT2D eigenvalue weighted by Gasteiger charge is 2.31. The molecule has 0 saturated carbocycles. The summed E-state index contributed by atoms with van der Waals surface area (Å²) in [5.74, 6) is 0. The number of benzene rings is 2. The van der Waals surface area contributed by atoms with Crippen molar-refractivity contribution in [1.29, 1.82) is 0 Å². The van der Waals surface area contributed by atoms with Crippen LogP contribution in [0.4, 0.5) is 0 Å². The highest BCUT2D eigenvalue weighted by Crippen LogP contribution is 2.35. The van der Waals surface area contributed by atoms with Gasteiger partial charge in [0.2, 0.25) is 5.69 Å². The standard InChI is InChI=1S/C23H28N/c1-22(2,3)20-14-10-9-13-19(20)21-18-12-8-7-11-17(18)15-16-24(21)23(4,5)6/h7-16H,1-6H3/q+1. The summed E-state index contributed by atoms with van der Waals surface area (Å²) in [6.45, 7) is 13.7. The Balaban J connectivity index is 2.46. The van der Waals surface area contributed by atoms with E-state index in [2.05, 4.69) is 107 Å². The Labute approximate surface area is 146 Å². The molecule has 1 aromatic heterocycles. The van der Waals surface area contributed by atoms with Crippen molar-refractivity contribution in [3.05, 3.63) is 66.4 Å². The third-order valence-corrected chi connectivity index (χ3v) is 4.57. The molecule has 0 saturated heterocycles. The van der Waals surface area contributed by atoms with Gasteiger partial charge in [0.1, 0.15) is 0 Å². The topological polar surface area (TPSA) is 3.88 Å². The number of hydrogen-bond acceptors (Lipinski definition) is 0. The molecule has 24 heavy (non-hydrogen) atoms. The third kappa shape index (κ3) is 2.96. The predicted molar refractivity (Wildman–Crippen MR) is 103 cm³/mol. The van der Waals surface area contributed by atoms with E-state index in [9.17, 15) is 0 Å². The number of nitrogens with zero attached hydrogens (tertiary/aromatic N) is 1. The molecule has 0 radical (unpaired) electrons. The SMILES string of the molecule is CC(C)(C)c1ccccc1-c1c2ccccc2cc[n+]1C(C)(C)C. The van der Waals surface area contributed by atoms with E-state index < -0.39 is 0 Å². The monoisotopic (exact) mass is 318 g/mol. The van der Waals surface area contributed by atoms with Gasteiger partial charge in [-0.3, -0.25) is 0 Å². The van der Waals surface area contributed by atoms with Crippen molar-refractivity contribution in [1.82, 2.24) is 0 Å². The summed E-state index contributed by atoms with van der Waals surface area (Å²) < 4.78 is 2.42. The minimum Gasteiger partial charge on any atom is -0.193 e. The van der Waals surface area contributed by atoms with E-state index in [4.69, 9.17) is 0 Å². The van der Waals surface area contributed by atoms with Gasteiger partial charge in [0.05, 0.1) is 10.9 Å². The van der Waals surface area contributed by atoms with Gasteiger partial charge in [0.15, 0.2) is 11.7 Å². The van der Waals surface area contributed by atoms with Crippen LogP contribution in [0.5, 0.6) is 0 Å². The molecule has 0 aliphatic carbocycles. The number of aromatic nitrogens is 1. The van der Waals surface area contributed by atoms with Crippen LogP contribution in [0.3, 0.4) is 0 Å². The van der Waals surface area contributed by atoms with Crippen LogP contribution in [0, 0.1) is 0 Å². The summed E-state index contributed by atoms with van der Waals surface area (Å²) in [6, 6.07) is 19.8. The Morgan fingerprint density at radius 1 is 0.708 bits per heavy atom. The number of fused-ring (bicyclic) bond motifs is 1. The van der Waals surface area contributed by atoms with Gasteiger partial charge in [0, 0.05) is 26.8 Å². The fourth-order valence-corrected chi connectivity index (χ4v) is 3.39. The first-order valence-electron chi connectivity index (χ1n) is 8.73. The Kier molecular flexibility index (Phi) is 3.99. The Bertz CT molecular complexity index is 876. The molecule has 3 aromatic rings. The molecule has 124 valence electrons. The second-order valence-electron chi connectivity index (χ2n) is 8.59. The first kappa shape index (κ1) is 16.7. The Morgan fingerprint density at radius 2 is 1.33 bits per heavy atom. The van der Waals surface area contributed by atoms with Gasteiger partial charge in [-0.15, -0.1) is 0 Å². The molecule has 1 heterocycles. The second kappa shape index (κ2) is 5.73. The van der Waals surface area contributed by atoms with Crippen LogP contribution in [-0.2, 0) is 11.0 Å². The summed E-state index contributed by atoms with van der Waals surface area (Å²) >= 11 is 0. The normalized spacial score (nSPS) is 12.6. The van der Waals surface area contributed by atoms with E-state index in [1.165, 1.54) is 27.6 Å². The summed E-state index contributed by atoms with van der Waals surface area (Å²) in [5, 5.41) is 2.60. The summed E-state index contributed by atoms with van der Waals surface area (Å²) in [5.41, 5.74) is 4.15. The van der Waals surface area contributed by atoms with Crippen LogP contribution < -0.4 is 4.57 Å². The highest BCUT2D eigenvalue weighted by molar-refractivity contribution is 5.93. The van der Waals surface area contributed by atoms with Crippen molar-refractivity contribution in [2.24, 2.45) is 0 Å². The molecular weight excluding hydrogens is 290 g/mol. The van der Waals surface area contributed by atoms with Crippen LogP contribution in [0.2, 0.25) is 0 Å². The summed E-state index contributed by atoms with van der Waals surface area (Å²) in [7, 11) is 0. The van der Waals surface area contributed by atoms with E-state index in [-0.39, 0.29) is 11.0 Å². The lowest BCUT2D eigenvalue weighted by atomic mass is 9.82.